The Labute approximate surface area is 97.9 Å². The van der Waals surface area contributed by atoms with E-state index in [1.54, 1.807) is 0 Å². The highest BCUT2D eigenvalue weighted by atomic mass is 16.5. The van der Waals surface area contributed by atoms with Gasteiger partial charge in [-0.2, -0.15) is 5.26 Å². The monoisotopic (exact) mass is 226 g/mol. The van der Waals surface area contributed by atoms with Crippen LogP contribution in [-0.4, -0.2) is 37.5 Å². The maximum atomic E-state index is 8.86. The molecule has 1 N–H and O–H groups in total. The Kier molecular flexibility index (Phi) is 5.20. The molecule has 0 bridgehead atoms. The zero-order chi connectivity index (χ0) is 12.0. The number of rotatable bonds is 7. The van der Waals surface area contributed by atoms with Gasteiger partial charge in [0.1, 0.15) is 6.04 Å². The van der Waals surface area contributed by atoms with E-state index in [1.807, 2.05) is 20.8 Å². The quantitative estimate of drug-likeness (QED) is 0.668. The summed E-state index contributed by atoms with van der Waals surface area (Å²) in [6.45, 7) is 7.60. The summed E-state index contributed by atoms with van der Waals surface area (Å²) in [4.78, 5) is 0. The molecule has 1 saturated carbocycles. The number of nitriles is 1. The van der Waals surface area contributed by atoms with Gasteiger partial charge in [0.2, 0.25) is 0 Å². The molecule has 1 aliphatic carbocycles. The molecule has 0 amide bonds. The van der Waals surface area contributed by atoms with Gasteiger partial charge in [-0.3, -0.25) is 5.32 Å². The molecule has 1 unspecified atom stereocenters. The van der Waals surface area contributed by atoms with Gasteiger partial charge in [-0.15, -0.1) is 0 Å². The first-order valence-electron chi connectivity index (χ1n) is 5.88. The largest absolute Gasteiger partial charge is 0.376 e. The topological polar surface area (TPSA) is 54.3 Å². The standard InChI is InChI=1S/C12H22N2O2/c1-12(2,3)16-7-6-15-9-11(8-13)14-10-4-5-10/h10-11,14H,4-7,9H2,1-3H3. The van der Waals surface area contributed by atoms with Gasteiger partial charge in [-0.25, -0.2) is 0 Å². The third-order valence-electron chi connectivity index (χ3n) is 2.22. The summed E-state index contributed by atoms with van der Waals surface area (Å²) in [5.41, 5.74) is -0.121. The first kappa shape index (κ1) is 13.4. The molecule has 1 fully saturated rings. The Balaban J connectivity index is 1.98. The van der Waals surface area contributed by atoms with E-state index in [-0.39, 0.29) is 11.6 Å². The number of nitrogens with zero attached hydrogens (tertiary/aromatic N) is 1. The van der Waals surface area contributed by atoms with E-state index in [0.717, 1.165) is 0 Å². The van der Waals surface area contributed by atoms with Crippen LogP contribution < -0.4 is 5.32 Å². The fourth-order valence-corrected chi connectivity index (χ4v) is 1.27. The molecule has 92 valence electrons. The lowest BCUT2D eigenvalue weighted by atomic mass is 10.2. The molecule has 0 heterocycles. The van der Waals surface area contributed by atoms with Crippen molar-refractivity contribution in [2.45, 2.75) is 51.3 Å². The van der Waals surface area contributed by atoms with Crippen LogP contribution in [0.15, 0.2) is 0 Å². The highest BCUT2D eigenvalue weighted by molar-refractivity contribution is 4.95. The first-order chi connectivity index (χ1) is 7.51. The molecule has 0 saturated heterocycles. The minimum Gasteiger partial charge on any atom is -0.376 e. The predicted molar refractivity (Wildman–Crippen MR) is 62.1 cm³/mol. The van der Waals surface area contributed by atoms with Crippen LogP contribution in [0.2, 0.25) is 0 Å². The van der Waals surface area contributed by atoms with Crippen LogP contribution >= 0.6 is 0 Å². The predicted octanol–water partition coefficient (Wildman–Crippen LogP) is 1.46. The van der Waals surface area contributed by atoms with Crippen molar-refractivity contribution >= 4 is 0 Å². The van der Waals surface area contributed by atoms with Crippen molar-refractivity contribution in [1.82, 2.24) is 5.32 Å². The zero-order valence-corrected chi connectivity index (χ0v) is 10.5. The fourth-order valence-electron chi connectivity index (χ4n) is 1.27. The van der Waals surface area contributed by atoms with Crippen LogP contribution in [-0.2, 0) is 9.47 Å². The summed E-state index contributed by atoms with van der Waals surface area (Å²) in [6.07, 6.45) is 2.37. The third kappa shape index (κ3) is 6.78. The lowest BCUT2D eigenvalue weighted by molar-refractivity contribution is -0.0359. The van der Waals surface area contributed by atoms with Gasteiger partial charge in [0.15, 0.2) is 0 Å². The van der Waals surface area contributed by atoms with Crippen molar-refractivity contribution in [3.63, 3.8) is 0 Å². The first-order valence-corrected chi connectivity index (χ1v) is 5.88. The summed E-state index contributed by atoms with van der Waals surface area (Å²) in [5, 5.41) is 12.1. The van der Waals surface area contributed by atoms with E-state index in [4.69, 9.17) is 14.7 Å². The lowest BCUT2D eigenvalue weighted by Gasteiger charge is -2.19. The highest BCUT2D eigenvalue weighted by Crippen LogP contribution is 2.19. The van der Waals surface area contributed by atoms with Crippen molar-refractivity contribution in [2.75, 3.05) is 19.8 Å². The van der Waals surface area contributed by atoms with Crippen molar-refractivity contribution < 1.29 is 9.47 Å². The van der Waals surface area contributed by atoms with Gasteiger partial charge in [-0.05, 0) is 33.6 Å². The van der Waals surface area contributed by atoms with Crippen LogP contribution in [0.5, 0.6) is 0 Å². The summed E-state index contributed by atoms with van der Waals surface area (Å²) in [7, 11) is 0. The Morgan fingerprint density at radius 2 is 2.06 bits per heavy atom. The van der Waals surface area contributed by atoms with Crippen LogP contribution in [0.1, 0.15) is 33.6 Å². The summed E-state index contributed by atoms with van der Waals surface area (Å²) >= 11 is 0. The maximum Gasteiger partial charge on any atom is 0.119 e. The lowest BCUT2D eigenvalue weighted by Crippen LogP contribution is -2.34. The van der Waals surface area contributed by atoms with E-state index in [0.29, 0.717) is 25.9 Å². The minimum absolute atomic E-state index is 0.121. The molecule has 16 heavy (non-hydrogen) atoms. The minimum atomic E-state index is -0.179. The number of hydrogen-bond acceptors (Lipinski definition) is 4. The fraction of sp³-hybridized carbons (Fsp3) is 0.917. The van der Waals surface area contributed by atoms with Gasteiger partial charge < -0.3 is 9.47 Å². The van der Waals surface area contributed by atoms with Gasteiger partial charge in [0, 0.05) is 6.04 Å². The molecular weight excluding hydrogens is 204 g/mol. The van der Waals surface area contributed by atoms with Crippen LogP contribution in [0.4, 0.5) is 0 Å². The molecular formula is C12H22N2O2. The molecule has 0 aromatic carbocycles. The molecule has 0 aromatic rings. The zero-order valence-electron chi connectivity index (χ0n) is 10.5. The molecule has 4 heteroatoms. The SMILES string of the molecule is CC(C)(C)OCCOCC(C#N)NC1CC1. The van der Waals surface area contributed by atoms with Crippen LogP contribution in [0.3, 0.4) is 0 Å². The number of hydrogen-bond donors (Lipinski definition) is 1. The smallest absolute Gasteiger partial charge is 0.119 e. The van der Waals surface area contributed by atoms with Crippen molar-refractivity contribution in [1.29, 1.82) is 5.26 Å². The summed E-state index contributed by atoms with van der Waals surface area (Å²) < 4.78 is 10.9. The summed E-state index contributed by atoms with van der Waals surface area (Å²) in [5.74, 6) is 0. The molecule has 1 rings (SSSR count). The van der Waals surface area contributed by atoms with E-state index in [2.05, 4.69) is 11.4 Å². The normalized spacial score (nSPS) is 18.1. The average molecular weight is 226 g/mol. The van der Waals surface area contributed by atoms with E-state index in [1.165, 1.54) is 12.8 Å². The molecule has 0 aliphatic heterocycles. The van der Waals surface area contributed by atoms with Crippen LogP contribution in [0.25, 0.3) is 0 Å². The third-order valence-corrected chi connectivity index (χ3v) is 2.22. The molecule has 1 atom stereocenters. The van der Waals surface area contributed by atoms with E-state index >= 15 is 0 Å². The van der Waals surface area contributed by atoms with Crippen molar-refractivity contribution in [3.8, 4) is 6.07 Å². The molecule has 0 spiro atoms. The highest BCUT2D eigenvalue weighted by Gasteiger charge is 2.24. The van der Waals surface area contributed by atoms with Gasteiger partial charge in [-0.1, -0.05) is 0 Å². The van der Waals surface area contributed by atoms with Crippen LogP contribution in [0, 0.1) is 11.3 Å². The van der Waals surface area contributed by atoms with Crippen molar-refractivity contribution in [3.05, 3.63) is 0 Å². The molecule has 0 aromatic heterocycles. The molecule has 1 aliphatic rings. The van der Waals surface area contributed by atoms with E-state index in [9.17, 15) is 0 Å². The second kappa shape index (κ2) is 6.19. The maximum absolute atomic E-state index is 8.86. The van der Waals surface area contributed by atoms with E-state index < -0.39 is 0 Å². The van der Waals surface area contributed by atoms with Gasteiger partial charge in [0.05, 0.1) is 31.5 Å². The van der Waals surface area contributed by atoms with Gasteiger partial charge in [0.25, 0.3) is 0 Å². The number of nitrogens with one attached hydrogen (secondary N) is 1. The Hall–Kier alpha value is -0.630. The Bertz CT molecular complexity index is 238. The van der Waals surface area contributed by atoms with Gasteiger partial charge >= 0.3 is 0 Å². The molecule has 4 nitrogen and oxygen atoms in total. The second-order valence-corrected chi connectivity index (χ2v) is 5.16. The Morgan fingerprint density at radius 3 is 2.56 bits per heavy atom. The Morgan fingerprint density at radius 1 is 1.38 bits per heavy atom. The summed E-state index contributed by atoms with van der Waals surface area (Å²) in [6, 6.07) is 2.57. The molecule has 0 radical (unpaired) electrons. The van der Waals surface area contributed by atoms with Crippen molar-refractivity contribution in [2.24, 2.45) is 0 Å². The second-order valence-electron chi connectivity index (χ2n) is 5.16. The average Bonchev–Trinajstić information content (AvgIpc) is 2.97. The number of ether oxygens (including phenoxy) is 2.